The summed E-state index contributed by atoms with van der Waals surface area (Å²) in [4.78, 5) is 31.1. The normalized spacial score (nSPS) is 12.7. The molecular weight excluding hydrogens is 379 g/mol. The molecule has 0 spiro atoms. The second kappa shape index (κ2) is 9.18. The van der Waals surface area contributed by atoms with Crippen molar-refractivity contribution in [1.29, 1.82) is 0 Å². The largest absolute Gasteiger partial charge is 0.465 e. The van der Waals surface area contributed by atoms with Gasteiger partial charge in [-0.15, -0.1) is 0 Å². The van der Waals surface area contributed by atoms with Crippen LogP contribution in [0.1, 0.15) is 41.9 Å². The SMILES string of the molecule is CC[C@H](NC(=O)O)[C@@H](C)Nc1nc(Nc2cnc(C)c(C)c2)c(C(N)=O)cc1F. The third-order valence-corrected chi connectivity index (χ3v) is 4.56. The van der Waals surface area contributed by atoms with E-state index in [1.165, 1.54) is 0 Å². The van der Waals surface area contributed by atoms with Gasteiger partial charge in [-0.2, -0.15) is 0 Å². The molecule has 0 aliphatic rings. The van der Waals surface area contributed by atoms with Crippen LogP contribution in [0.25, 0.3) is 0 Å². The van der Waals surface area contributed by atoms with Crippen molar-refractivity contribution in [3.8, 4) is 0 Å². The second-order valence-corrected chi connectivity index (χ2v) is 6.73. The number of amides is 2. The first-order valence-electron chi connectivity index (χ1n) is 9.09. The number of rotatable bonds is 8. The third-order valence-electron chi connectivity index (χ3n) is 4.56. The van der Waals surface area contributed by atoms with Crippen molar-refractivity contribution in [1.82, 2.24) is 15.3 Å². The van der Waals surface area contributed by atoms with Crippen LogP contribution in [0, 0.1) is 19.7 Å². The van der Waals surface area contributed by atoms with E-state index >= 15 is 0 Å². The Morgan fingerprint density at radius 2 is 1.97 bits per heavy atom. The first-order chi connectivity index (χ1) is 13.6. The molecule has 0 fully saturated rings. The van der Waals surface area contributed by atoms with Crippen molar-refractivity contribution < 1.29 is 19.1 Å². The van der Waals surface area contributed by atoms with Crippen molar-refractivity contribution in [3.63, 3.8) is 0 Å². The van der Waals surface area contributed by atoms with E-state index in [1.807, 2.05) is 19.9 Å². The first-order valence-corrected chi connectivity index (χ1v) is 9.09. The molecule has 0 aliphatic heterocycles. The van der Waals surface area contributed by atoms with E-state index in [9.17, 15) is 14.0 Å². The lowest BCUT2D eigenvalue weighted by molar-refractivity contribution is 0.100. The monoisotopic (exact) mass is 404 g/mol. The van der Waals surface area contributed by atoms with Crippen LogP contribution in [0.15, 0.2) is 18.3 Å². The molecule has 156 valence electrons. The maximum atomic E-state index is 14.5. The van der Waals surface area contributed by atoms with Crippen LogP contribution in [-0.2, 0) is 0 Å². The Kier molecular flexibility index (Phi) is 6.92. The highest BCUT2D eigenvalue weighted by Gasteiger charge is 2.21. The summed E-state index contributed by atoms with van der Waals surface area (Å²) in [6.07, 6.45) is 0.881. The second-order valence-electron chi connectivity index (χ2n) is 6.73. The number of primary amides is 1. The van der Waals surface area contributed by atoms with Crippen LogP contribution in [0.3, 0.4) is 0 Å². The number of nitrogens with zero attached hydrogens (tertiary/aromatic N) is 2. The number of pyridine rings is 2. The highest BCUT2D eigenvalue weighted by atomic mass is 19.1. The average Bonchev–Trinajstić information content (AvgIpc) is 2.64. The summed E-state index contributed by atoms with van der Waals surface area (Å²) >= 11 is 0. The molecule has 9 nitrogen and oxygen atoms in total. The van der Waals surface area contributed by atoms with Crippen molar-refractivity contribution >= 4 is 29.3 Å². The molecule has 2 aromatic heterocycles. The van der Waals surface area contributed by atoms with Crippen LogP contribution in [0.4, 0.5) is 26.5 Å². The molecule has 10 heteroatoms. The molecule has 2 heterocycles. The van der Waals surface area contributed by atoms with Gasteiger partial charge in [0, 0.05) is 11.7 Å². The fraction of sp³-hybridized carbons (Fsp3) is 0.368. The minimum Gasteiger partial charge on any atom is -0.465 e. The zero-order chi connectivity index (χ0) is 21.7. The van der Waals surface area contributed by atoms with Gasteiger partial charge in [-0.25, -0.2) is 14.2 Å². The number of nitrogens with two attached hydrogens (primary N) is 1. The van der Waals surface area contributed by atoms with Crippen molar-refractivity contribution in [2.24, 2.45) is 5.73 Å². The molecule has 29 heavy (non-hydrogen) atoms. The summed E-state index contributed by atoms with van der Waals surface area (Å²) < 4.78 is 14.5. The molecule has 2 aromatic rings. The van der Waals surface area contributed by atoms with Crippen molar-refractivity contribution in [3.05, 3.63) is 41.0 Å². The summed E-state index contributed by atoms with van der Waals surface area (Å²) in [5, 5.41) is 17.1. The van der Waals surface area contributed by atoms with Gasteiger partial charge in [0.2, 0.25) is 0 Å². The predicted molar refractivity (Wildman–Crippen MR) is 108 cm³/mol. The number of aromatic nitrogens is 2. The zero-order valence-corrected chi connectivity index (χ0v) is 16.7. The van der Waals surface area contributed by atoms with Crippen LogP contribution in [0.5, 0.6) is 0 Å². The zero-order valence-electron chi connectivity index (χ0n) is 16.7. The lowest BCUT2D eigenvalue weighted by atomic mass is 10.1. The molecule has 0 aromatic carbocycles. The number of aryl methyl sites for hydroxylation is 2. The third kappa shape index (κ3) is 5.53. The standard InChI is InChI=1S/C19H25FN6O3/c1-5-15(25-19(28)29)11(4)23-18-14(20)7-13(16(21)27)17(26-18)24-12-6-9(2)10(3)22-8-12/h6-8,11,15,25H,5H2,1-4H3,(H2,21,27)(H,28,29)(H2,23,24,26)/t11-,15+/m1/s1. The first kappa shape index (κ1) is 21.9. The predicted octanol–water partition coefficient (Wildman–Crippen LogP) is 2.92. The maximum absolute atomic E-state index is 14.5. The highest BCUT2D eigenvalue weighted by molar-refractivity contribution is 5.98. The Morgan fingerprint density at radius 1 is 1.28 bits per heavy atom. The Bertz CT molecular complexity index is 921. The summed E-state index contributed by atoms with van der Waals surface area (Å²) in [5.41, 5.74) is 7.60. The molecule has 2 atom stereocenters. The lowest BCUT2D eigenvalue weighted by Gasteiger charge is -2.24. The number of anilines is 3. The topological polar surface area (TPSA) is 142 Å². The van der Waals surface area contributed by atoms with Gasteiger partial charge in [-0.1, -0.05) is 6.92 Å². The molecule has 0 radical (unpaired) electrons. The quantitative estimate of drug-likeness (QED) is 0.455. The number of carbonyl (C=O) groups excluding carboxylic acids is 1. The number of hydrogen-bond donors (Lipinski definition) is 5. The summed E-state index contributed by atoms with van der Waals surface area (Å²) in [7, 11) is 0. The molecule has 0 unspecified atom stereocenters. The van der Waals surface area contributed by atoms with Crippen molar-refractivity contribution in [2.45, 2.75) is 46.2 Å². The van der Waals surface area contributed by atoms with Gasteiger partial charge < -0.3 is 26.8 Å². The van der Waals surface area contributed by atoms with Gasteiger partial charge in [-0.05, 0) is 44.9 Å². The van der Waals surface area contributed by atoms with Gasteiger partial charge in [0.1, 0.15) is 5.82 Å². The highest BCUT2D eigenvalue weighted by Crippen LogP contribution is 2.25. The molecule has 2 amide bonds. The number of nitrogens with one attached hydrogen (secondary N) is 3. The summed E-state index contributed by atoms with van der Waals surface area (Å²) in [6, 6.07) is 1.88. The Morgan fingerprint density at radius 3 is 2.52 bits per heavy atom. The fourth-order valence-corrected chi connectivity index (χ4v) is 2.78. The molecule has 2 rings (SSSR count). The van der Waals surface area contributed by atoms with Crippen LogP contribution < -0.4 is 21.7 Å². The molecule has 0 bridgehead atoms. The van der Waals surface area contributed by atoms with Crippen LogP contribution >= 0.6 is 0 Å². The van der Waals surface area contributed by atoms with Crippen molar-refractivity contribution in [2.75, 3.05) is 10.6 Å². The van der Waals surface area contributed by atoms with Crippen LogP contribution in [-0.4, -0.2) is 39.2 Å². The van der Waals surface area contributed by atoms with E-state index in [2.05, 4.69) is 25.9 Å². The molecule has 0 saturated heterocycles. The maximum Gasteiger partial charge on any atom is 0.404 e. The minimum absolute atomic E-state index is 0.0675. The van der Waals surface area contributed by atoms with Gasteiger partial charge in [0.25, 0.3) is 5.91 Å². The number of carboxylic acid groups (broad SMARTS) is 1. The van der Waals surface area contributed by atoms with E-state index in [0.717, 1.165) is 17.3 Å². The Hall–Kier alpha value is -3.43. The van der Waals surface area contributed by atoms with E-state index in [0.29, 0.717) is 12.1 Å². The Labute approximate surface area is 167 Å². The van der Waals surface area contributed by atoms with E-state index in [4.69, 9.17) is 10.8 Å². The van der Waals surface area contributed by atoms with Gasteiger partial charge in [0.05, 0.1) is 23.5 Å². The molecule has 0 saturated carbocycles. The summed E-state index contributed by atoms with van der Waals surface area (Å²) in [5.74, 6) is -1.68. The van der Waals surface area contributed by atoms with E-state index in [-0.39, 0.29) is 17.2 Å². The van der Waals surface area contributed by atoms with Crippen LogP contribution in [0.2, 0.25) is 0 Å². The van der Waals surface area contributed by atoms with Gasteiger partial charge in [-0.3, -0.25) is 9.78 Å². The van der Waals surface area contributed by atoms with Gasteiger partial charge in [0.15, 0.2) is 11.6 Å². The molecule has 0 aliphatic carbocycles. The average molecular weight is 404 g/mol. The minimum atomic E-state index is -1.17. The number of carbonyl (C=O) groups is 2. The van der Waals surface area contributed by atoms with E-state index < -0.39 is 29.9 Å². The summed E-state index contributed by atoms with van der Waals surface area (Å²) in [6.45, 7) is 7.25. The number of halogens is 1. The van der Waals surface area contributed by atoms with E-state index in [1.54, 1.807) is 20.0 Å². The van der Waals surface area contributed by atoms with Gasteiger partial charge >= 0.3 is 6.09 Å². The molecular formula is C19H25FN6O3. The molecule has 6 N–H and O–H groups in total. The smallest absolute Gasteiger partial charge is 0.404 e. The Balaban J connectivity index is 2.36. The lowest BCUT2D eigenvalue weighted by Crippen LogP contribution is -2.44. The fourth-order valence-electron chi connectivity index (χ4n) is 2.78. The number of hydrogen-bond acceptors (Lipinski definition) is 6.